The molecule has 0 aliphatic rings. The van der Waals surface area contributed by atoms with Gasteiger partial charge >= 0.3 is 0 Å². The fraction of sp³-hybridized carbons (Fsp3) is 0.300. The molecule has 1 rings (SSSR count). The van der Waals surface area contributed by atoms with Crippen LogP contribution in [0.4, 0.5) is 0 Å². The summed E-state index contributed by atoms with van der Waals surface area (Å²) >= 11 is 3.84. The van der Waals surface area contributed by atoms with Crippen LogP contribution in [0.3, 0.4) is 0 Å². The first-order valence-corrected chi connectivity index (χ1v) is 4.93. The number of aliphatic hydroxyl groups excluding tert-OH is 2. The number of nitriles is 1. The molecule has 5 heteroatoms. The first-order chi connectivity index (χ1) is 7.10. The summed E-state index contributed by atoms with van der Waals surface area (Å²) in [6.07, 6.45) is -2.11. The summed E-state index contributed by atoms with van der Waals surface area (Å²) in [6.45, 7) is 0. The third-order valence-electron chi connectivity index (χ3n) is 2.04. The van der Waals surface area contributed by atoms with Crippen molar-refractivity contribution in [3.63, 3.8) is 0 Å². The maximum absolute atomic E-state index is 9.58. The normalized spacial score (nSPS) is 14.3. The number of thiol groups is 1. The molecule has 2 atom stereocenters. The zero-order valence-electron chi connectivity index (χ0n) is 7.83. The van der Waals surface area contributed by atoms with E-state index in [0.29, 0.717) is 5.56 Å². The summed E-state index contributed by atoms with van der Waals surface area (Å²) in [5.74, 6) is -0.0949. The van der Waals surface area contributed by atoms with Crippen LogP contribution in [-0.4, -0.2) is 27.2 Å². The largest absolute Gasteiger partial charge is 0.507 e. The van der Waals surface area contributed by atoms with Gasteiger partial charge in [-0.1, -0.05) is 6.07 Å². The number of hydrogen-bond acceptors (Lipinski definition) is 5. The molecule has 0 fully saturated rings. The molecule has 0 aromatic heterocycles. The minimum Gasteiger partial charge on any atom is -0.507 e. The van der Waals surface area contributed by atoms with Crippen molar-refractivity contribution in [2.45, 2.75) is 12.2 Å². The molecule has 1 aromatic rings. The van der Waals surface area contributed by atoms with Gasteiger partial charge in [0.15, 0.2) is 0 Å². The van der Waals surface area contributed by atoms with Crippen LogP contribution in [0.25, 0.3) is 0 Å². The maximum atomic E-state index is 9.58. The number of phenolic OH excluding ortho intramolecular Hbond substituents is 1. The van der Waals surface area contributed by atoms with Gasteiger partial charge in [-0.3, -0.25) is 0 Å². The third-order valence-corrected chi connectivity index (χ3v) is 2.41. The Hall–Kier alpha value is -1.22. The van der Waals surface area contributed by atoms with Gasteiger partial charge in [0.25, 0.3) is 0 Å². The van der Waals surface area contributed by atoms with Gasteiger partial charge in [-0.05, 0) is 17.7 Å². The zero-order chi connectivity index (χ0) is 11.4. The fourth-order valence-electron chi connectivity index (χ4n) is 1.15. The van der Waals surface area contributed by atoms with E-state index in [4.69, 9.17) is 5.26 Å². The van der Waals surface area contributed by atoms with E-state index in [9.17, 15) is 15.3 Å². The molecule has 1 aromatic carbocycles. The van der Waals surface area contributed by atoms with E-state index >= 15 is 0 Å². The lowest BCUT2D eigenvalue weighted by Gasteiger charge is -2.16. The Morgan fingerprint density at radius 1 is 1.40 bits per heavy atom. The van der Waals surface area contributed by atoms with Gasteiger partial charge in [-0.2, -0.15) is 17.9 Å². The predicted molar refractivity (Wildman–Crippen MR) is 57.6 cm³/mol. The Morgan fingerprint density at radius 2 is 2.07 bits per heavy atom. The number of benzene rings is 1. The smallest absolute Gasteiger partial charge is 0.133 e. The standard InChI is InChI=1S/C10H11NO3S/c11-4-7-2-1-6(3-8(7)12)10(14)9(13)5-15/h1-3,9-10,12-15H,5H2. The minimum absolute atomic E-state index is 0.113. The molecule has 0 bridgehead atoms. The molecule has 4 nitrogen and oxygen atoms in total. The van der Waals surface area contributed by atoms with Gasteiger partial charge in [-0.25, -0.2) is 0 Å². The van der Waals surface area contributed by atoms with Crippen LogP contribution in [-0.2, 0) is 0 Å². The number of phenols is 1. The number of aromatic hydroxyl groups is 1. The van der Waals surface area contributed by atoms with Gasteiger partial charge in [-0.15, -0.1) is 0 Å². The minimum atomic E-state index is -1.11. The molecule has 0 aliphatic carbocycles. The Balaban J connectivity index is 2.98. The molecular formula is C10H11NO3S. The third kappa shape index (κ3) is 2.63. The Bertz CT molecular complexity index is 389. The van der Waals surface area contributed by atoms with E-state index in [0.717, 1.165) is 0 Å². The van der Waals surface area contributed by atoms with Crippen molar-refractivity contribution in [3.05, 3.63) is 29.3 Å². The van der Waals surface area contributed by atoms with Crippen LogP contribution in [0.1, 0.15) is 17.2 Å². The first-order valence-electron chi connectivity index (χ1n) is 4.30. The highest BCUT2D eigenvalue weighted by molar-refractivity contribution is 7.80. The quantitative estimate of drug-likeness (QED) is 0.567. The second-order valence-corrected chi connectivity index (χ2v) is 3.45. The Morgan fingerprint density at radius 3 is 2.53 bits per heavy atom. The summed E-state index contributed by atoms with van der Waals surface area (Å²) < 4.78 is 0. The molecule has 0 saturated carbocycles. The lowest BCUT2D eigenvalue weighted by atomic mass is 10.0. The van der Waals surface area contributed by atoms with Gasteiger partial charge in [0.05, 0.1) is 11.7 Å². The van der Waals surface area contributed by atoms with Gasteiger partial charge < -0.3 is 15.3 Å². The van der Waals surface area contributed by atoms with Crippen molar-refractivity contribution in [1.29, 1.82) is 5.26 Å². The molecule has 0 spiro atoms. The lowest BCUT2D eigenvalue weighted by Crippen LogP contribution is -2.19. The maximum Gasteiger partial charge on any atom is 0.133 e. The number of nitrogens with zero attached hydrogens (tertiary/aromatic N) is 1. The SMILES string of the molecule is N#Cc1ccc(C(O)C(O)CS)cc1O. The Kier molecular flexibility index (Phi) is 3.97. The number of hydrogen-bond donors (Lipinski definition) is 4. The number of rotatable bonds is 3. The van der Waals surface area contributed by atoms with Crippen molar-refractivity contribution in [2.75, 3.05) is 5.75 Å². The zero-order valence-corrected chi connectivity index (χ0v) is 8.72. The van der Waals surface area contributed by atoms with Crippen LogP contribution in [0.2, 0.25) is 0 Å². The summed E-state index contributed by atoms with van der Waals surface area (Å²) in [5.41, 5.74) is 0.486. The van der Waals surface area contributed by atoms with Gasteiger partial charge in [0.1, 0.15) is 17.9 Å². The van der Waals surface area contributed by atoms with E-state index in [-0.39, 0.29) is 17.1 Å². The van der Waals surface area contributed by atoms with E-state index in [2.05, 4.69) is 12.6 Å². The molecule has 0 radical (unpaired) electrons. The van der Waals surface area contributed by atoms with Crippen molar-refractivity contribution in [2.24, 2.45) is 0 Å². The van der Waals surface area contributed by atoms with E-state index in [1.165, 1.54) is 18.2 Å². The van der Waals surface area contributed by atoms with Crippen molar-refractivity contribution >= 4 is 12.6 Å². The molecule has 0 heterocycles. The summed E-state index contributed by atoms with van der Waals surface area (Å²) in [6, 6.07) is 5.92. The summed E-state index contributed by atoms with van der Waals surface area (Å²) in [4.78, 5) is 0. The molecule has 80 valence electrons. The van der Waals surface area contributed by atoms with Crippen molar-refractivity contribution in [3.8, 4) is 11.8 Å². The van der Waals surface area contributed by atoms with Crippen LogP contribution in [0.5, 0.6) is 5.75 Å². The topological polar surface area (TPSA) is 84.5 Å². The average Bonchev–Trinajstić information content (AvgIpc) is 2.26. The highest BCUT2D eigenvalue weighted by atomic mass is 32.1. The molecule has 0 aliphatic heterocycles. The Labute approximate surface area is 92.8 Å². The molecule has 2 unspecified atom stereocenters. The van der Waals surface area contributed by atoms with Crippen LogP contribution >= 0.6 is 12.6 Å². The first kappa shape index (κ1) is 11.9. The monoisotopic (exact) mass is 225 g/mol. The van der Waals surface area contributed by atoms with E-state index in [1.54, 1.807) is 6.07 Å². The highest BCUT2D eigenvalue weighted by Crippen LogP contribution is 2.24. The number of aliphatic hydroxyl groups is 2. The second-order valence-electron chi connectivity index (χ2n) is 3.08. The molecule has 15 heavy (non-hydrogen) atoms. The second kappa shape index (κ2) is 5.03. The lowest BCUT2D eigenvalue weighted by molar-refractivity contribution is 0.0336. The fourth-order valence-corrected chi connectivity index (χ4v) is 1.35. The average molecular weight is 225 g/mol. The van der Waals surface area contributed by atoms with Crippen LogP contribution in [0, 0.1) is 11.3 Å². The van der Waals surface area contributed by atoms with Crippen LogP contribution < -0.4 is 0 Å². The molecule has 3 N–H and O–H groups in total. The van der Waals surface area contributed by atoms with Crippen molar-refractivity contribution < 1.29 is 15.3 Å². The van der Waals surface area contributed by atoms with Crippen LogP contribution in [0.15, 0.2) is 18.2 Å². The van der Waals surface area contributed by atoms with E-state index < -0.39 is 12.2 Å². The predicted octanol–water partition coefficient (Wildman–Crippen LogP) is 0.588. The van der Waals surface area contributed by atoms with Crippen molar-refractivity contribution in [1.82, 2.24) is 0 Å². The summed E-state index contributed by atoms with van der Waals surface area (Å²) in [5, 5.41) is 36.8. The molecule has 0 saturated heterocycles. The molecular weight excluding hydrogens is 214 g/mol. The summed E-state index contributed by atoms with van der Waals surface area (Å²) in [7, 11) is 0. The highest BCUT2D eigenvalue weighted by Gasteiger charge is 2.17. The van der Waals surface area contributed by atoms with Gasteiger partial charge in [0.2, 0.25) is 0 Å². The van der Waals surface area contributed by atoms with E-state index in [1.807, 2.05) is 0 Å². The molecule has 0 amide bonds. The van der Waals surface area contributed by atoms with Gasteiger partial charge in [0, 0.05) is 5.75 Å².